The summed E-state index contributed by atoms with van der Waals surface area (Å²) in [6.45, 7) is 3.84. The van der Waals surface area contributed by atoms with Crippen LogP contribution in [0.2, 0.25) is 0 Å². The lowest BCUT2D eigenvalue weighted by atomic mass is 10.1. The van der Waals surface area contributed by atoms with E-state index in [1.807, 2.05) is 36.9 Å². The van der Waals surface area contributed by atoms with E-state index >= 15 is 0 Å². The second-order valence-corrected chi connectivity index (χ2v) is 5.00. The largest absolute Gasteiger partial charge is 0.467 e. The molecule has 2 heterocycles. The summed E-state index contributed by atoms with van der Waals surface area (Å²) in [5, 5.41) is 12.9. The van der Waals surface area contributed by atoms with E-state index in [1.165, 1.54) is 0 Å². The SMILES string of the molecule is CC(O)CC(C)NC(c1ccco1)c1nccn1C. The number of furan rings is 1. The van der Waals surface area contributed by atoms with Gasteiger partial charge in [-0.15, -0.1) is 0 Å². The van der Waals surface area contributed by atoms with Crippen LogP contribution < -0.4 is 5.32 Å². The first kappa shape index (κ1) is 13.8. The lowest BCUT2D eigenvalue weighted by Crippen LogP contribution is -2.34. The van der Waals surface area contributed by atoms with E-state index in [0.717, 1.165) is 11.6 Å². The molecule has 2 aromatic heterocycles. The van der Waals surface area contributed by atoms with E-state index in [0.29, 0.717) is 6.42 Å². The average molecular weight is 263 g/mol. The molecule has 0 aromatic carbocycles. The number of aryl methyl sites for hydroxylation is 1. The van der Waals surface area contributed by atoms with Crippen LogP contribution in [0.15, 0.2) is 35.2 Å². The Morgan fingerprint density at radius 2 is 2.26 bits per heavy atom. The summed E-state index contributed by atoms with van der Waals surface area (Å²) < 4.78 is 7.47. The van der Waals surface area contributed by atoms with Crippen LogP contribution in [-0.2, 0) is 7.05 Å². The Kier molecular flexibility index (Phi) is 4.39. The predicted molar refractivity (Wildman–Crippen MR) is 72.7 cm³/mol. The average Bonchev–Trinajstić information content (AvgIpc) is 2.96. The summed E-state index contributed by atoms with van der Waals surface area (Å²) in [6, 6.07) is 3.85. The number of imidazole rings is 1. The van der Waals surface area contributed by atoms with Gasteiger partial charge in [0.05, 0.1) is 12.4 Å². The first-order valence-corrected chi connectivity index (χ1v) is 6.52. The number of aliphatic hydroxyl groups excluding tert-OH is 1. The van der Waals surface area contributed by atoms with Crippen LogP contribution >= 0.6 is 0 Å². The van der Waals surface area contributed by atoms with Gasteiger partial charge in [-0.25, -0.2) is 4.98 Å². The summed E-state index contributed by atoms with van der Waals surface area (Å²) in [6.07, 6.45) is 5.69. The second-order valence-electron chi connectivity index (χ2n) is 5.00. The molecule has 104 valence electrons. The summed E-state index contributed by atoms with van der Waals surface area (Å²) in [7, 11) is 1.96. The molecule has 0 bridgehead atoms. The lowest BCUT2D eigenvalue weighted by molar-refractivity contribution is 0.167. The van der Waals surface area contributed by atoms with Crippen LogP contribution in [0.4, 0.5) is 0 Å². The fourth-order valence-corrected chi connectivity index (χ4v) is 2.26. The maximum atomic E-state index is 9.47. The molecular weight excluding hydrogens is 242 g/mol. The van der Waals surface area contributed by atoms with E-state index in [4.69, 9.17) is 4.42 Å². The summed E-state index contributed by atoms with van der Waals surface area (Å²) in [5.74, 6) is 1.72. The van der Waals surface area contributed by atoms with Crippen LogP contribution in [0.1, 0.15) is 37.9 Å². The molecule has 0 amide bonds. The van der Waals surface area contributed by atoms with Gasteiger partial charge in [0, 0.05) is 25.5 Å². The fourth-order valence-electron chi connectivity index (χ4n) is 2.26. The third-order valence-electron chi connectivity index (χ3n) is 3.09. The molecule has 0 saturated carbocycles. The van der Waals surface area contributed by atoms with Crippen molar-refractivity contribution in [3.63, 3.8) is 0 Å². The quantitative estimate of drug-likeness (QED) is 0.835. The van der Waals surface area contributed by atoms with Crippen molar-refractivity contribution in [2.75, 3.05) is 0 Å². The van der Waals surface area contributed by atoms with Gasteiger partial charge in [-0.1, -0.05) is 0 Å². The normalized spacial score (nSPS) is 16.2. The lowest BCUT2D eigenvalue weighted by Gasteiger charge is -2.22. The first-order chi connectivity index (χ1) is 9.08. The Hall–Kier alpha value is -1.59. The van der Waals surface area contributed by atoms with Crippen molar-refractivity contribution in [1.82, 2.24) is 14.9 Å². The van der Waals surface area contributed by atoms with Gasteiger partial charge in [0.2, 0.25) is 0 Å². The highest BCUT2D eigenvalue weighted by molar-refractivity contribution is 5.16. The molecule has 0 aliphatic rings. The van der Waals surface area contributed by atoms with Gasteiger partial charge in [-0.3, -0.25) is 5.32 Å². The number of nitrogens with one attached hydrogen (secondary N) is 1. The van der Waals surface area contributed by atoms with Crippen LogP contribution in [0.25, 0.3) is 0 Å². The number of nitrogens with zero attached hydrogens (tertiary/aromatic N) is 2. The number of aliphatic hydroxyl groups is 1. The summed E-state index contributed by atoms with van der Waals surface area (Å²) in [4.78, 5) is 4.38. The van der Waals surface area contributed by atoms with E-state index in [-0.39, 0.29) is 18.2 Å². The van der Waals surface area contributed by atoms with Gasteiger partial charge in [0.1, 0.15) is 17.6 Å². The number of hydrogen-bond donors (Lipinski definition) is 2. The van der Waals surface area contributed by atoms with Crippen LogP contribution in [-0.4, -0.2) is 26.8 Å². The van der Waals surface area contributed by atoms with Crippen molar-refractivity contribution in [2.24, 2.45) is 7.05 Å². The molecule has 3 unspecified atom stereocenters. The fraction of sp³-hybridized carbons (Fsp3) is 0.500. The van der Waals surface area contributed by atoms with Crippen LogP contribution in [0.5, 0.6) is 0 Å². The zero-order valence-corrected chi connectivity index (χ0v) is 11.6. The van der Waals surface area contributed by atoms with Gasteiger partial charge in [0.25, 0.3) is 0 Å². The molecule has 2 N–H and O–H groups in total. The maximum absolute atomic E-state index is 9.47. The molecule has 3 atom stereocenters. The predicted octanol–water partition coefficient (Wildman–Crippen LogP) is 1.85. The topological polar surface area (TPSA) is 63.2 Å². The van der Waals surface area contributed by atoms with Gasteiger partial charge in [-0.2, -0.15) is 0 Å². The Morgan fingerprint density at radius 3 is 2.79 bits per heavy atom. The third-order valence-corrected chi connectivity index (χ3v) is 3.09. The highest BCUT2D eigenvalue weighted by Gasteiger charge is 2.23. The molecule has 0 aliphatic heterocycles. The monoisotopic (exact) mass is 263 g/mol. The smallest absolute Gasteiger partial charge is 0.133 e. The Bertz CT molecular complexity index is 491. The molecule has 0 aliphatic carbocycles. The number of hydrogen-bond acceptors (Lipinski definition) is 4. The van der Waals surface area contributed by atoms with Crippen molar-refractivity contribution in [2.45, 2.75) is 38.5 Å². The minimum Gasteiger partial charge on any atom is -0.467 e. The van der Waals surface area contributed by atoms with Gasteiger partial charge >= 0.3 is 0 Å². The van der Waals surface area contributed by atoms with Crippen molar-refractivity contribution >= 4 is 0 Å². The van der Waals surface area contributed by atoms with Crippen molar-refractivity contribution < 1.29 is 9.52 Å². The molecular formula is C14H21N3O2. The number of rotatable bonds is 6. The molecule has 0 fully saturated rings. The molecule has 2 rings (SSSR count). The highest BCUT2D eigenvalue weighted by atomic mass is 16.3. The molecule has 0 spiro atoms. The van der Waals surface area contributed by atoms with E-state index in [1.54, 1.807) is 19.4 Å². The Labute approximate surface area is 113 Å². The van der Waals surface area contributed by atoms with E-state index < -0.39 is 0 Å². The summed E-state index contributed by atoms with van der Waals surface area (Å²) in [5.41, 5.74) is 0. The van der Waals surface area contributed by atoms with Gasteiger partial charge < -0.3 is 14.1 Å². The minimum atomic E-state index is -0.332. The molecule has 0 saturated heterocycles. The van der Waals surface area contributed by atoms with Gasteiger partial charge in [0.15, 0.2) is 0 Å². The molecule has 19 heavy (non-hydrogen) atoms. The molecule has 5 heteroatoms. The van der Waals surface area contributed by atoms with Crippen molar-refractivity contribution in [1.29, 1.82) is 0 Å². The zero-order valence-electron chi connectivity index (χ0n) is 11.6. The minimum absolute atomic E-state index is 0.108. The Balaban J connectivity index is 2.19. The van der Waals surface area contributed by atoms with Crippen molar-refractivity contribution in [3.8, 4) is 0 Å². The van der Waals surface area contributed by atoms with E-state index in [9.17, 15) is 5.11 Å². The zero-order chi connectivity index (χ0) is 13.8. The first-order valence-electron chi connectivity index (χ1n) is 6.52. The molecule has 2 aromatic rings. The molecule has 5 nitrogen and oxygen atoms in total. The third kappa shape index (κ3) is 3.45. The van der Waals surface area contributed by atoms with Crippen LogP contribution in [0.3, 0.4) is 0 Å². The Morgan fingerprint density at radius 1 is 1.47 bits per heavy atom. The van der Waals surface area contributed by atoms with Gasteiger partial charge in [-0.05, 0) is 32.4 Å². The van der Waals surface area contributed by atoms with E-state index in [2.05, 4.69) is 10.3 Å². The summed E-state index contributed by atoms with van der Waals surface area (Å²) >= 11 is 0. The van der Waals surface area contributed by atoms with Crippen LogP contribution in [0, 0.1) is 0 Å². The van der Waals surface area contributed by atoms with Crippen molar-refractivity contribution in [3.05, 3.63) is 42.4 Å². The highest BCUT2D eigenvalue weighted by Crippen LogP contribution is 2.22. The standard InChI is InChI=1S/C14H21N3O2/c1-10(9-11(2)18)16-13(12-5-4-8-19-12)14-15-6-7-17(14)3/h4-8,10-11,13,16,18H,9H2,1-3H3. The maximum Gasteiger partial charge on any atom is 0.133 e. The second kappa shape index (κ2) is 6.04. The molecule has 0 radical (unpaired) electrons. The number of aromatic nitrogens is 2.